The van der Waals surface area contributed by atoms with Gasteiger partial charge in [0.25, 0.3) is 0 Å². The lowest BCUT2D eigenvalue weighted by Crippen LogP contribution is -2.46. The van der Waals surface area contributed by atoms with Gasteiger partial charge in [-0.05, 0) is 30.2 Å². The molecule has 0 radical (unpaired) electrons. The molecular formula is C19H24N2O. The Morgan fingerprint density at radius 2 is 1.68 bits per heavy atom. The van der Waals surface area contributed by atoms with Gasteiger partial charge in [-0.2, -0.15) is 0 Å². The van der Waals surface area contributed by atoms with Gasteiger partial charge in [0.15, 0.2) is 0 Å². The number of benzene rings is 2. The van der Waals surface area contributed by atoms with Crippen LogP contribution in [0, 0.1) is 0 Å². The van der Waals surface area contributed by atoms with Crippen molar-refractivity contribution in [2.45, 2.75) is 19.5 Å². The third kappa shape index (κ3) is 3.67. The van der Waals surface area contributed by atoms with Crippen LogP contribution in [0.3, 0.4) is 0 Å². The second-order valence-electron chi connectivity index (χ2n) is 6.07. The number of phenols is 1. The van der Waals surface area contributed by atoms with E-state index in [2.05, 4.69) is 53.1 Å². The van der Waals surface area contributed by atoms with Gasteiger partial charge in [-0.15, -0.1) is 0 Å². The van der Waals surface area contributed by atoms with E-state index in [-0.39, 0.29) is 0 Å². The smallest absolute Gasteiger partial charge is 0.115 e. The lowest BCUT2D eigenvalue weighted by molar-refractivity contribution is 0.0978. The molecule has 2 aromatic carbocycles. The maximum absolute atomic E-state index is 9.64. The average Bonchev–Trinajstić information content (AvgIpc) is 2.56. The number of hydrogen-bond acceptors (Lipinski definition) is 3. The molecule has 22 heavy (non-hydrogen) atoms. The third-order valence-corrected chi connectivity index (χ3v) is 4.56. The van der Waals surface area contributed by atoms with Crippen LogP contribution in [-0.2, 0) is 6.54 Å². The molecule has 1 atom stereocenters. The normalized spacial score (nSPS) is 18.2. The zero-order valence-corrected chi connectivity index (χ0v) is 13.2. The highest BCUT2D eigenvalue weighted by Gasteiger charge is 2.22. The van der Waals surface area contributed by atoms with E-state index in [9.17, 15) is 5.11 Å². The van der Waals surface area contributed by atoms with Gasteiger partial charge in [-0.1, -0.05) is 42.5 Å². The first kappa shape index (κ1) is 15.1. The highest BCUT2D eigenvalue weighted by atomic mass is 16.3. The van der Waals surface area contributed by atoms with Crippen LogP contribution in [-0.4, -0.2) is 41.1 Å². The van der Waals surface area contributed by atoms with E-state index in [1.807, 2.05) is 12.1 Å². The minimum Gasteiger partial charge on any atom is -0.508 e. The summed E-state index contributed by atoms with van der Waals surface area (Å²) in [5.74, 6) is 0.354. The lowest BCUT2D eigenvalue weighted by atomic mass is 10.1. The SMILES string of the molecule is C[C@H](c1cccc(O)c1)N1CCN(Cc2ccccc2)CC1. The Kier molecular flexibility index (Phi) is 4.76. The van der Waals surface area contributed by atoms with Crippen LogP contribution in [0.5, 0.6) is 5.75 Å². The summed E-state index contributed by atoms with van der Waals surface area (Å²) in [7, 11) is 0. The van der Waals surface area contributed by atoms with Crippen LogP contribution < -0.4 is 0 Å². The zero-order valence-electron chi connectivity index (χ0n) is 13.2. The fourth-order valence-electron chi connectivity index (χ4n) is 3.15. The lowest BCUT2D eigenvalue weighted by Gasteiger charge is -2.38. The largest absolute Gasteiger partial charge is 0.508 e. The molecule has 0 saturated carbocycles. The fraction of sp³-hybridized carbons (Fsp3) is 0.368. The topological polar surface area (TPSA) is 26.7 Å². The molecule has 0 amide bonds. The molecule has 3 nitrogen and oxygen atoms in total. The van der Waals surface area contributed by atoms with Gasteiger partial charge in [0.1, 0.15) is 5.75 Å². The monoisotopic (exact) mass is 296 g/mol. The van der Waals surface area contributed by atoms with E-state index in [0.29, 0.717) is 11.8 Å². The molecule has 0 bridgehead atoms. The number of piperazine rings is 1. The van der Waals surface area contributed by atoms with Crippen LogP contribution in [0.2, 0.25) is 0 Å². The van der Waals surface area contributed by atoms with Crippen molar-refractivity contribution in [3.8, 4) is 5.75 Å². The van der Waals surface area contributed by atoms with E-state index in [1.54, 1.807) is 6.07 Å². The summed E-state index contributed by atoms with van der Waals surface area (Å²) < 4.78 is 0. The molecule has 0 aliphatic carbocycles. The molecule has 0 aromatic heterocycles. The van der Waals surface area contributed by atoms with Crippen molar-refractivity contribution in [1.29, 1.82) is 0 Å². The molecule has 0 unspecified atom stereocenters. The Labute approximate surface area is 132 Å². The summed E-state index contributed by atoms with van der Waals surface area (Å²) >= 11 is 0. The van der Waals surface area contributed by atoms with Crippen molar-refractivity contribution in [2.24, 2.45) is 0 Å². The molecule has 1 aliphatic rings. The third-order valence-electron chi connectivity index (χ3n) is 4.56. The summed E-state index contributed by atoms with van der Waals surface area (Å²) in [6.07, 6.45) is 0. The summed E-state index contributed by atoms with van der Waals surface area (Å²) in [6, 6.07) is 18.7. The molecular weight excluding hydrogens is 272 g/mol. The fourth-order valence-corrected chi connectivity index (χ4v) is 3.15. The van der Waals surface area contributed by atoms with Crippen molar-refractivity contribution in [3.05, 3.63) is 65.7 Å². The Bertz CT molecular complexity index is 591. The van der Waals surface area contributed by atoms with Crippen molar-refractivity contribution in [2.75, 3.05) is 26.2 Å². The minimum absolute atomic E-state index is 0.353. The predicted molar refractivity (Wildman–Crippen MR) is 89.8 cm³/mol. The maximum Gasteiger partial charge on any atom is 0.115 e. The van der Waals surface area contributed by atoms with Gasteiger partial charge >= 0.3 is 0 Å². The summed E-state index contributed by atoms with van der Waals surface area (Å²) in [5, 5.41) is 9.64. The number of nitrogens with zero attached hydrogens (tertiary/aromatic N) is 2. The predicted octanol–water partition coefficient (Wildman–Crippen LogP) is 3.27. The molecule has 3 heteroatoms. The van der Waals surface area contributed by atoms with Crippen molar-refractivity contribution in [3.63, 3.8) is 0 Å². The van der Waals surface area contributed by atoms with Gasteiger partial charge < -0.3 is 5.11 Å². The quantitative estimate of drug-likeness (QED) is 0.938. The highest BCUT2D eigenvalue weighted by molar-refractivity contribution is 5.29. The standard InChI is InChI=1S/C19H24N2O/c1-16(18-8-5-9-19(22)14-18)21-12-10-20(11-13-21)15-17-6-3-2-4-7-17/h2-9,14,16,22H,10-13,15H2,1H3/t16-/m1/s1. The van der Waals surface area contributed by atoms with E-state index < -0.39 is 0 Å². The molecule has 1 heterocycles. The highest BCUT2D eigenvalue weighted by Crippen LogP contribution is 2.24. The molecule has 1 N–H and O–H groups in total. The van der Waals surface area contributed by atoms with Gasteiger partial charge in [0.2, 0.25) is 0 Å². The van der Waals surface area contributed by atoms with E-state index >= 15 is 0 Å². The Hall–Kier alpha value is -1.84. The molecule has 1 saturated heterocycles. The minimum atomic E-state index is 0.353. The van der Waals surface area contributed by atoms with Crippen LogP contribution in [0.25, 0.3) is 0 Å². The first-order chi connectivity index (χ1) is 10.7. The number of hydrogen-bond donors (Lipinski definition) is 1. The van der Waals surface area contributed by atoms with Crippen molar-refractivity contribution < 1.29 is 5.11 Å². The zero-order chi connectivity index (χ0) is 15.4. The second-order valence-corrected chi connectivity index (χ2v) is 6.07. The summed E-state index contributed by atoms with van der Waals surface area (Å²) in [5.41, 5.74) is 2.58. The van der Waals surface area contributed by atoms with Crippen molar-refractivity contribution in [1.82, 2.24) is 9.80 Å². The van der Waals surface area contributed by atoms with E-state index in [1.165, 1.54) is 11.1 Å². The number of aromatic hydroxyl groups is 1. The first-order valence-corrected chi connectivity index (χ1v) is 8.01. The van der Waals surface area contributed by atoms with Gasteiger partial charge in [-0.25, -0.2) is 0 Å². The van der Waals surface area contributed by atoms with Gasteiger partial charge in [0, 0.05) is 38.8 Å². The first-order valence-electron chi connectivity index (χ1n) is 8.01. The second kappa shape index (κ2) is 6.95. The number of phenolic OH excluding ortho intramolecular Hbond substituents is 1. The Morgan fingerprint density at radius 3 is 2.36 bits per heavy atom. The van der Waals surface area contributed by atoms with Crippen LogP contribution in [0.4, 0.5) is 0 Å². The van der Waals surface area contributed by atoms with Gasteiger partial charge in [0.05, 0.1) is 0 Å². The molecule has 116 valence electrons. The Morgan fingerprint density at radius 1 is 0.955 bits per heavy atom. The van der Waals surface area contributed by atoms with Crippen molar-refractivity contribution >= 4 is 0 Å². The van der Waals surface area contributed by atoms with Gasteiger partial charge in [-0.3, -0.25) is 9.80 Å². The maximum atomic E-state index is 9.64. The molecule has 2 aromatic rings. The molecule has 0 spiro atoms. The number of rotatable bonds is 4. The summed E-state index contributed by atoms with van der Waals surface area (Å²) in [4.78, 5) is 5.01. The van der Waals surface area contributed by atoms with E-state index in [0.717, 1.165) is 32.7 Å². The Balaban J connectivity index is 1.55. The van der Waals surface area contributed by atoms with E-state index in [4.69, 9.17) is 0 Å². The van der Waals surface area contributed by atoms with Crippen LogP contribution in [0.1, 0.15) is 24.1 Å². The summed E-state index contributed by atoms with van der Waals surface area (Å²) in [6.45, 7) is 7.60. The molecule has 1 aliphatic heterocycles. The van der Waals surface area contributed by atoms with Crippen LogP contribution >= 0.6 is 0 Å². The molecule has 3 rings (SSSR count). The van der Waals surface area contributed by atoms with Crippen LogP contribution in [0.15, 0.2) is 54.6 Å². The average molecular weight is 296 g/mol. The molecule has 1 fully saturated rings.